The number of nitrogen functional groups attached to an aromatic ring is 1. The second-order valence-electron chi connectivity index (χ2n) is 3.24. The van der Waals surface area contributed by atoms with Crippen molar-refractivity contribution < 1.29 is 9.13 Å². The second kappa shape index (κ2) is 9.22. The number of halogens is 1. The van der Waals surface area contributed by atoms with Crippen molar-refractivity contribution in [3.8, 4) is 5.75 Å². The van der Waals surface area contributed by atoms with E-state index in [0.717, 1.165) is 0 Å². The quantitative estimate of drug-likeness (QED) is 0.377. The number of hydrogen-bond acceptors (Lipinski definition) is 3. The molecule has 0 radical (unpaired) electrons. The Morgan fingerprint density at radius 3 is 2.39 bits per heavy atom. The minimum atomic E-state index is -0.532. The summed E-state index contributed by atoms with van der Waals surface area (Å²) in [5.41, 5.74) is 6.17. The van der Waals surface area contributed by atoms with E-state index in [-0.39, 0.29) is 5.90 Å². The standard InChI is InChI=1S/C12H15FN2O.C2H6/c1-3-4-12(13)15-9(2)16-11-7-5-10(14)6-8-11;1-2/h4-8H,3,14H2,1-2H3;1-2H3/b12-4-,15-9+;. The number of hydrogen-bond donors (Lipinski definition) is 1. The van der Waals surface area contributed by atoms with Crippen LogP contribution in [-0.4, -0.2) is 5.90 Å². The van der Waals surface area contributed by atoms with Crippen LogP contribution in [0.1, 0.15) is 34.1 Å². The molecule has 0 saturated heterocycles. The summed E-state index contributed by atoms with van der Waals surface area (Å²) in [7, 11) is 0. The van der Waals surface area contributed by atoms with Gasteiger partial charge in [-0.15, -0.1) is 0 Å². The van der Waals surface area contributed by atoms with Gasteiger partial charge in [0.2, 0.25) is 5.95 Å². The van der Waals surface area contributed by atoms with Crippen molar-refractivity contribution in [1.82, 2.24) is 0 Å². The molecule has 1 aromatic carbocycles. The Morgan fingerprint density at radius 2 is 1.89 bits per heavy atom. The van der Waals surface area contributed by atoms with Gasteiger partial charge in [0.05, 0.1) is 0 Å². The molecule has 1 rings (SSSR count). The number of aliphatic imine (C=N–C) groups is 1. The van der Waals surface area contributed by atoms with Crippen molar-refractivity contribution in [2.75, 3.05) is 5.73 Å². The fraction of sp³-hybridized carbons (Fsp3) is 0.357. The fourth-order valence-corrected chi connectivity index (χ4v) is 1.09. The summed E-state index contributed by atoms with van der Waals surface area (Å²) in [6.45, 7) is 7.44. The molecule has 3 nitrogen and oxygen atoms in total. The molecule has 0 spiro atoms. The van der Waals surface area contributed by atoms with E-state index in [1.165, 1.54) is 6.08 Å². The summed E-state index contributed by atoms with van der Waals surface area (Å²) in [5.74, 6) is 0.308. The van der Waals surface area contributed by atoms with Crippen LogP contribution in [0, 0.1) is 0 Å². The van der Waals surface area contributed by atoms with E-state index in [4.69, 9.17) is 10.5 Å². The maximum absolute atomic E-state index is 13.0. The third-order valence-electron chi connectivity index (χ3n) is 1.78. The molecule has 0 aromatic heterocycles. The first-order valence-corrected chi connectivity index (χ1v) is 6.06. The van der Waals surface area contributed by atoms with E-state index in [9.17, 15) is 4.39 Å². The van der Waals surface area contributed by atoms with Crippen molar-refractivity contribution in [3.63, 3.8) is 0 Å². The molecular formula is C14H21FN2O. The molecule has 0 unspecified atom stereocenters. The average molecular weight is 252 g/mol. The van der Waals surface area contributed by atoms with Crippen molar-refractivity contribution in [2.24, 2.45) is 4.99 Å². The fourth-order valence-electron chi connectivity index (χ4n) is 1.09. The molecule has 0 aliphatic rings. The van der Waals surface area contributed by atoms with Crippen LogP contribution in [0.3, 0.4) is 0 Å². The number of nitrogens with two attached hydrogens (primary N) is 1. The van der Waals surface area contributed by atoms with Gasteiger partial charge in [0.25, 0.3) is 0 Å². The molecule has 100 valence electrons. The molecule has 18 heavy (non-hydrogen) atoms. The van der Waals surface area contributed by atoms with Gasteiger partial charge in [-0.05, 0) is 36.8 Å². The van der Waals surface area contributed by atoms with E-state index in [1.54, 1.807) is 31.2 Å². The van der Waals surface area contributed by atoms with Gasteiger partial charge in [-0.25, -0.2) is 0 Å². The molecule has 0 aliphatic carbocycles. The zero-order chi connectivity index (χ0) is 14.0. The second-order valence-corrected chi connectivity index (χ2v) is 3.24. The van der Waals surface area contributed by atoms with Crippen molar-refractivity contribution in [1.29, 1.82) is 0 Å². The molecule has 0 atom stereocenters. The predicted molar refractivity (Wildman–Crippen MR) is 75.4 cm³/mol. The molecule has 0 fully saturated rings. The normalized spacial score (nSPS) is 11.6. The van der Waals surface area contributed by atoms with E-state index < -0.39 is 5.95 Å². The first kappa shape index (κ1) is 16.2. The van der Waals surface area contributed by atoms with Crippen LogP contribution in [0.15, 0.2) is 41.3 Å². The highest BCUT2D eigenvalue weighted by Crippen LogP contribution is 2.14. The Hall–Kier alpha value is -1.84. The van der Waals surface area contributed by atoms with Crippen molar-refractivity contribution in [3.05, 3.63) is 36.3 Å². The van der Waals surface area contributed by atoms with Gasteiger partial charge in [-0.3, -0.25) is 0 Å². The Bertz CT molecular complexity index is 397. The molecule has 0 aliphatic heterocycles. The van der Waals surface area contributed by atoms with Crippen molar-refractivity contribution >= 4 is 11.6 Å². The maximum Gasteiger partial charge on any atom is 0.211 e. The lowest BCUT2D eigenvalue weighted by Gasteiger charge is -2.04. The molecule has 2 N–H and O–H groups in total. The van der Waals surface area contributed by atoms with Gasteiger partial charge in [0.15, 0.2) is 5.90 Å². The summed E-state index contributed by atoms with van der Waals surface area (Å²) in [6.07, 6.45) is 1.99. The van der Waals surface area contributed by atoms with Crippen molar-refractivity contribution in [2.45, 2.75) is 34.1 Å². The highest BCUT2D eigenvalue weighted by molar-refractivity contribution is 5.76. The van der Waals surface area contributed by atoms with Crippen LogP contribution in [-0.2, 0) is 0 Å². The first-order valence-electron chi connectivity index (χ1n) is 6.06. The summed E-state index contributed by atoms with van der Waals surface area (Å²) < 4.78 is 18.3. The topological polar surface area (TPSA) is 47.6 Å². The van der Waals surface area contributed by atoms with Gasteiger partial charge in [-0.2, -0.15) is 9.38 Å². The van der Waals surface area contributed by atoms with E-state index in [0.29, 0.717) is 17.9 Å². The summed E-state index contributed by atoms with van der Waals surface area (Å²) in [5, 5.41) is 0. The minimum absolute atomic E-state index is 0.256. The summed E-state index contributed by atoms with van der Waals surface area (Å²) in [6, 6.07) is 6.83. The van der Waals surface area contributed by atoms with Gasteiger partial charge in [0.1, 0.15) is 5.75 Å². The molecule has 0 amide bonds. The smallest absolute Gasteiger partial charge is 0.211 e. The zero-order valence-corrected chi connectivity index (χ0v) is 11.4. The predicted octanol–water partition coefficient (Wildman–Crippen LogP) is 4.31. The van der Waals surface area contributed by atoms with E-state index in [1.807, 2.05) is 20.8 Å². The first-order chi connectivity index (χ1) is 8.61. The SMILES string of the molecule is CC.CC/C=C(F)\N=C(/C)Oc1ccc(N)cc1. The number of allylic oxidation sites excluding steroid dienone is 1. The Kier molecular flexibility index (Phi) is 8.27. The largest absolute Gasteiger partial charge is 0.443 e. The van der Waals surface area contributed by atoms with Crippen LogP contribution >= 0.6 is 0 Å². The van der Waals surface area contributed by atoms with Gasteiger partial charge >= 0.3 is 0 Å². The molecule has 1 aromatic rings. The third-order valence-corrected chi connectivity index (χ3v) is 1.78. The molecule has 0 saturated carbocycles. The van der Waals surface area contributed by atoms with Crippen LogP contribution in [0.2, 0.25) is 0 Å². The highest BCUT2D eigenvalue weighted by atomic mass is 19.1. The Morgan fingerprint density at radius 1 is 1.33 bits per heavy atom. The summed E-state index contributed by atoms with van der Waals surface area (Å²) >= 11 is 0. The van der Waals surface area contributed by atoms with Crippen LogP contribution < -0.4 is 10.5 Å². The van der Waals surface area contributed by atoms with Gasteiger partial charge < -0.3 is 10.5 Å². The van der Waals surface area contributed by atoms with Gasteiger partial charge in [-0.1, -0.05) is 20.8 Å². The monoisotopic (exact) mass is 252 g/mol. The molecule has 0 heterocycles. The molecular weight excluding hydrogens is 231 g/mol. The number of ether oxygens (including phenoxy) is 1. The van der Waals surface area contributed by atoms with Gasteiger partial charge in [0, 0.05) is 12.6 Å². The molecule has 4 heteroatoms. The van der Waals surface area contributed by atoms with Crippen LogP contribution in [0.5, 0.6) is 5.75 Å². The Balaban J connectivity index is 0.00000137. The lowest BCUT2D eigenvalue weighted by atomic mass is 10.3. The number of anilines is 1. The Labute approximate surface area is 108 Å². The average Bonchev–Trinajstić information content (AvgIpc) is 2.35. The maximum atomic E-state index is 13.0. The van der Waals surface area contributed by atoms with E-state index in [2.05, 4.69) is 4.99 Å². The number of benzene rings is 1. The van der Waals surface area contributed by atoms with Crippen LogP contribution in [0.4, 0.5) is 10.1 Å². The number of nitrogens with zero attached hydrogens (tertiary/aromatic N) is 1. The van der Waals surface area contributed by atoms with E-state index >= 15 is 0 Å². The highest BCUT2D eigenvalue weighted by Gasteiger charge is 1.98. The number of rotatable bonds is 3. The summed E-state index contributed by atoms with van der Waals surface area (Å²) in [4.78, 5) is 3.64. The molecule has 0 bridgehead atoms. The van der Waals surface area contributed by atoms with Crippen LogP contribution in [0.25, 0.3) is 0 Å². The lowest BCUT2D eigenvalue weighted by molar-refractivity contribution is 0.533. The lowest BCUT2D eigenvalue weighted by Crippen LogP contribution is -2.03. The zero-order valence-electron chi connectivity index (χ0n) is 11.4. The minimum Gasteiger partial charge on any atom is -0.443 e. The third kappa shape index (κ3) is 6.68.